The van der Waals surface area contributed by atoms with Crippen LogP contribution in [0.1, 0.15) is 38.8 Å². The first-order valence-electron chi connectivity index (χ1n) is 7.66. The van der Waals surface area contributed by atoms with Gasteiger partial charge >= 0.3 is 6.09 Å². The fourth-order valence-corrected chi connectivity index (χ4v) is 2.41. The summed E-state index contributed by atoms with van der Waals surface area (Å²) in [5.74, 6) is 1.14. The van der Waals surface area contributed by atoms with Gasteiger partial charge in [0.2, 0.25) is 0 Å². The van der Waals surface area contributed by atoms with Crippen LogP contribution in [0.25, 0.3) is 0 Å². The molecule has 1 aromatic carbocycles. The number of thioether (sulfide) groups is 1. The maximum Gasteiger partial charge on any atom is 0.408 e. The number of rotatable bonds is 8. The molecule has 0 aliphatic carbocycles. The van der Waals surface area contributed by atoms with Crippen LogP contribution in [0.4, 0.5) is 4.79 Å². The summed E-state index contributed by atoms with van der Waals surface area (Å²) in [5, 5.41) is 6.36. The van der Waals surface area contributed by atoms with Crippen LogP contribution >= 0.6 is 11.8 Å². The number of hydrogen-bond donors (Lipinski definition) is 2. The van der Waals surface area contributed by atoms with Gasteiger partial charge in [-0.15, -0.1) is 0 Å². The first kappa shape index (κ1) is 18.8. The van der Waals surface area contributed by atoms with Crippen molar-refractivity contribution in [2.45, 2.75) is 38.8 Å². The van der Waals surface area contributed by atoms with Gasteiger partial charge in [0.1, 0.15) is 5.60 Å². The van der Waals surface area contributed by atoms with E-state index in [1.165, 1.54) is 0 Å². The summed E-state index contributed by atoms with van der Waals surface area (Å²) in [4.78, 5) is 12.0. The van der Waals surface area contributed by atoms with Crippen molar-refractivity contribution in [2.24, 2.45) is 0 Å². The first-order valence-corrected chi connectivity index (χ1v) is 9.06. The van der Waals surface area contributed by atoms with Gasteiger partial charge in [-0.1, -0.05) is 30.3 Å². The lowest BCUT2D eigenvalue weighted by molar-refractivity contribution is 0.0503. The molecule has 124 valence electrons. The molecular formula is C17H28N2O2S. The van der Waals surface area contributed by atoms with Gasteiger partial charge < -0.3 is 15.4 Å². The fraction of sp³-hybridized carbons (Fsp3) is 0.588. The van der Waals surface area contributed by atoms with Gasteiger partial charge in [-0.25, -0.2) is 4.79 Å². The van der Waals surface area contributed by atoms with E-state index < -0.39 is 5.60 Å². The Bertz CT molecular complexity index is 432. The number of carbonyl (C=O) groups is 1. The Labute approximate surface area is 138 Å². The molecule has 0 aliphatic rings. The molecule has 0 saturated carbocycles. The zero-order valence-electron chi connectivity index (χ0n) is 14.0. The van der Waals surface area contributed by atoms with Crippen LogP contribution in [0.2, 0.25) is 0 Å². The summed E-state index contributed by atoms with van der Waals surface area (Å²) < 4.78 is 5.35. The van der Waals surface area contributed by atoms with Gasteiger partial charge in [0, 0.05) is 6.54 Å². The predicted octanol–water partition coefficient (Wildman–Crippen LogP) is 3.60. The highest BCUT2D eigenvalue weighted by Crippen LogP contribution is 2.14. The van der Waals surface area contributed by atoms with Crippen molar-refractivity contribution in [3.8, 4) is 0 Å². The Kier molecular flexibility index (Phi) is 8.35. The summed E-state index contributed by atoms with van der Waals surface area (Å²) >= 11 is 1.84. The fourth-order valence-electron chi connectivity index (χ4n) is 1.98. The zero-order valence-corrected chi connectivity index (χ0v) is 14.8. The average molecular weight is 324 g/mol. The van der Waals surface area contributed by atoms with Crippen molar-refractivity contribution in [1.82, 2.24) is 10.6 Å². The third-order valence-corrected chi connectivity index (χ3v) is 3.64. The zero-order chi connectivity index (χ0) is 16.4. The van der Waals surface area contributed by atoms with E-state index in [1.54, 1.807) is 0 Å². The SMILES string of the molecule is CSCCCNCC(NC(=O)OC(C)(C)C)c1ccccc1. The molecule has 4 nitrogen and oxygen atoms in total. The highest BCUT2D eigenvalue weighted by Gasteiger charge is 2.20. The molecule has 1 amide bonds. The molecule has 0 saturated heterocycles. The number of hydrogen-bond acceptors (Lipinski definition) is 4. The molecular weight excluding hydrogens is 296 g/mol. The lowest BCUT2D eigenvalue weighted by Gasteiger charge is -2.24. The molecule has 0 fully saturated rings. The van der Waals surface area contributed by atoms with Crippen molar-refractivity contribution in [2.75, 3.05) is 25.1 Å². The number of amides is 1. The maximum atomic E-state index is 12.0. The van der Waals surface area contributed by atoms with Gasteiger partial charge in [0.15, 0.2) is 0 Å². The maximum absolute atomic E-state index is 12.0. The van der Waals surface area contributed by atoms with E-state index in [2.05, 4.69) is 16.9 Å². The van der Waals surface area contributed by atoms with Gasteiger partial charge in [-0.3, -0.25) is 0 Å². The molecule has 0 radical (unpaired) electrons. The number of benzene rings is 1. The lowest BCUT2D eigenvalue weighted by Crippen LogP contribution is -2.39. The Morgan fingerprint density at radius 2 is 1.95 bits per heavy atom. The van der Waals surface area contributed by atoms with Crippen molar-refractivity contribution >= 4 is 17.9 Å². The molecule has 1 rings (SSSR count). The Hall–Kier alpha value is -1.20. The molecule has 0 aromatic heterocycles. The minimum absolute atomic E-state index is 0.0923. The summed E-state index contributed by atoms with van der Waals surface area (Å²) in [6, 6.07) is 9.88. The van der Waals surface area contributed by atoms with E-state index in [4.69, 9.17) is 4.74 Å². The van der Waals surface area contributed by atoms with Crippen molar-refractivity contribution in [3.05, 3.63) is 35.9 Å². The highest BCUT2D eigenvalue weighted by atomic mass is 32.2. The summed E-state index contributed by atoms with van der Waals surface area (Å²) in [6.07, 6.45) is 2.85. The Morgan fingerprint density at radius 1 is 1.27 bits per heavy atom. The molecule has 1 unspecified atom stereocenters. The van der Waals surface area contributed by atoms with E-state index in [-0.39, 0.29) is 12.1 Å². The van der Waals surface area contributed by atoms with E-state index in [0.29, 0.717) is 6.54 Å². The molecule has 0 aliphatic heterocycles. The second-order valence-electron chi connectivity index (χ2n) is 6.16. The average Bonchev–Trinajstić information content (AvgIpc) is 2.45. The Balaban J connectivity index is 2.57. The van der Waals surface area contributed by atoms with Crippen LogP contribution in [0, 0.1) is 0 Å². The number of nitrogens with one attached hydrogen (secondary N) is 2. The Morgan fingerprint density at radius 3 is 2.55 bits per heavy atom. The first-order chi connectivity index (χ1) is 10.4. The molecule has 1 atom stereocenters. The molecule has 0 spiro atoms. The van der Waals surface area contributed by atoms with Gasteiger partial charge in [0.25, 0.3) is 0 Å². The van der Waals surface area contributed by atoms with Crippen molar-refractivity contribution in [1.29, 1.82) is 0 Å². The molecule has 5 heteroatoms. The smallest absolute Gasteiger partial charge is 0.408 e. The molecule has 2 N–H and O–H groups in total. The quantitative estimate of drug-likeness (QED) is 0.718. The van der Waals surface area contributed by atoms with Crippen LogP contribution in [0.15, 0.2) is 30.3 Å². The van der Waals surface area contributed by atoms with Crippen LogP contribution in [-0.4, -0.2) is 36.8 Å². The number of ether oxygens (including phenoxy) is 1. The minimum Gasteiger partial charge on any atom is -0.444 e. The topological polar surface area (TPSA) is 50.4 Å². The highest BCUT2D eigenvalue weighted by molar-refractivity contribution is 7.98. The molecule has 1 aromatic rings. The molecule has 22 heavy (non-hydrogen) atoms. The second-order valence-corrected chi connectivity index (χ2v) is 7.15. The van der Waals surface area contributed by atoms with Crippen molar-refractivity contribution < 1.29 is 9.53 Å². The van der Waals surface area contributed by atoms with Gasteiger partial charge in [-0.05, 0) is 51.3 Å². The van der Waals surface area contributed by atoms with Crippen LogP contribution < -0.4 is 10.6 Å². The third kappa shape index (κ3) is 8.29. The third-order valence-electron chi connectivity index (χ3n) is 2.94. The van der Waals surface area contributed by atoms with Crippen LogP contribution in [0.3, 0.4) is 0 Å². The molecule has 0 heterocycles. The molecule has 0 bridgehead atoms. The summed E-state index contributed by atoms with van der Waals surface area (Å²) in [5.41, 5.74) is 0.586. The van der Waals surface area contributed by atoms with Crippen molar-refractivity contribution in [3.63, 3.8) is 0 Å². The van der Waals surface area contributed by atoms with E-state index in [1.807, 2.05) is 62.9 Å². The van der Waals surface area contributed by atoms with Gasteiger partial charge in [-0.2, -0.15) is 11.8 Å². The van der Waals surface area contributed by atoms with E-state index in [9.17, 15) is 4.79 Å². The predicted molar refractivity (Wildman–Crippen MR) is 94.4 cm³/mol. The summed E-state index contributed by atoms with van der Waals surface area (Å²) in [6.45, 7) is 7.23. The standard InChI is InChI=1S/C17H28N2O2S/c1-17(2,3)21-16(20)19-15(13-18-11-8-12-22-4)14-9-6-5-7-10-14/h5-7,9-10,15,18H,8,11-13H2,1-4H3,(H,19,20). The largest absolute Gasteiger partial charge is 0.444 e. The van der Waals surface area contributed by atoms with E-state index >= 15 is 0 Å². The van der Waals surface area contributed by atoms with Crippen LogP contribution in [-0.2, 0) is 4.74 Å². The summed E-state index contributed by atoms with van der Waals surface area (Å²) in [7, 11) is 0. The van der Waals surface area contributed by atoms with Crippen LogP contribution in [0.5, 0.6) is 0 Å². The second kappa shape index (κ2) is 9.74. The normalized spacial score (nSPS) is 12.7. The number of carbonyl (C=O) groups excluding carboxylic acids is 1. The lowest BCUT2D eigenvalue weighted by atomic mass is 10.1. The van der Waals surface area contributed by atoms with E-state index in [0.717, 1.165) is 24.3 Å². The van der Waals surface area contributed by atoms with Gasteiger partial charge in [0.05, 0.1) is 6.04 Å². The minimum atomic E-state index is -0.489. The number of alkyl carbamates (subject to hydrolysis) is 1. The monoisotopic (exact) mass is 324 g/mol.